The number of nitrogens with zero attached hydrogens (tertiary/aromatic N) is 4. The van der Waals surface area contributed by atoms with Gasteiger partial charge in [-0.15, -0.1) is 5.10 Å². The minimum Gasteiger partial charge on any atom is -0.473 e. The number of aromatic amines is 1. The number of fused-ring (bicyclic) bond motifs is 1. The molecule has 2 aromatic heterocycles. The van der Waals surface area contributed by atoms with E-state index >= 15 is 0 Å². The summed E-state index contributed by atoms with van der Waals surface area (Å²) in [7, 11) is 0. The Kier molecular flexibility index (Phi) is 4.38. The summed E-state index contributed by atoms with van der Waals surface area (Å²) < 4.78 is 5.85. The third kappa shape index (κ3) is 3.50. The summed E-state index contributed by atoms with van der Waals surface area (Å²) in [6.07, 6.45) is 5.98. The molecule has 3 heterocycles. The predicted molar refractivity (Wildman–Crippen MR) is 91.1 cm³/mol. The molecule has 0 unspecified atom stereocenters. The van der Waals surface area contributed by atoms with Crippen molar-refractivity contribution in [2.45, 2.75) is 45.1 Å². The van der Waals surface area contributed by atoms with Crippen LogP contribution < -0.4 is 4.74 Å². The van der Waals surface area contributed by atoms with Crippen molar-refractivity contribution in [3.63, 3.8) is 0 Å². The van der Waals surface area contributed by atoms with Crippen molar-refractivity contribution in [2.24, 2.45) is 5.92 Å². The molecule has 1 atom stereocenters. The number of hydrogen-bond acceptors (Lipinski definition) is 5. The summed E-state index contributed by atoms with van der Waals surface area (Å²) in [4.78, 5) is 22.7. The number of piperidine rings is 1. The lowest BCUT2D eigenvalue weighted by Crippen LogP contribution is -2.45. The first-order valence-electron chi connectivity index (χ1n) is 8.96. The molecule has 0 spiro atoms. The van der Waals surface area contributed by atoms with Crippen LogP contribution in [0.2, 0.25) is 0 Å². The van der Waals surface area contributed by atoms with E-state index in [1.165, 1.54) is 0 Å². The van der Waals surface area contributed by atoms with Gasteiger partial charge in [-0.25, -0.2) is 4.98 Å². The summed E-state index contributed by atoms with van der Waals surface area (Å²) >= 11 is 0. The molecule has 1 N–H and O–H groups in total. The van der Waals surface area contributed by atoms with Crippen LogP contribution in [-0.2, 0) is 17.6 Å². The van der Waals surface area contributed by atoms with E-state index in [0.717, 1.165) is 62.4 Å². The van der Waals surface area contributed by atoms with E-state index in [9.17, 15) is 4.79 Å². The highest BCUT2D eigenvalue weighted by Crippen LogP contribution is 2.27. The second kappa shape index (κ2) is 6.82. The number of carbonyl (C=O) groups is 1. The normalized spacial score (nSPS) is 21.0. The van der Waals surface area contributed by atoms with Crippen molar-refractivity contribution in [2.75, 3.05) is 13.1 Å². The molecule has 0 bridgehead atoms. The lowest BCUT2D eigenvalue weighted by molar-refractivity contribution is -0.137. The van der Waals surface area contributed by atoms with Crippen LogP contribution in [0, 0.1) is 12.8 Å². The Morgan fingerprint density at radius 3 is 2.92 bits per heavy atom. The molecule has 0 aromatic carbocycles. The first-order valence-corrected chi connectivity index (χ1v) is 8.96. The van der Waals surface area contributed by atoms with Crippen molar-refractivity contribution in [3.8, 4) is 5.88 Å². The molecule has 4 rings (SSSR count). The topological polar surface area (TPSA) is 84.0 Å². The minimum atomic E-state index is 0.0739. The molecule has 0 saturated carbocycles. The van der Waals surface area contributed by atoms with Gasteiger partial charge in [-0.05, 0) is 25.8 Å². The Balaban J connectivity index is 1.31. The van der Waals surface area contributed by atoms with E-state index in [1.807, 2.05) is 24.0 Å². The summed E-state index contributed by atoms with van der Waals surface area (Å²) in [5.74, 6) is 1.85. The number of H-pyrrole nitrogens is 1. The van der Waals surface area contributed by atoms with E-state index < -0.39 is 0 Å². The summed E-state index contributed by atoms with van der Waals surface area (Å²) in [6.45, 7) is 3.46. The Hall–Kier alpha value is -2.44. The van der Waals surface area contributed by atoms with Gasteiger partial charge in [0, 0.05) is 56.2 Å². The van der Waals surface area contributed by atoms with E-state index in [4.69, 9.17) is 4.74 Å². The zero-order valence-corrected chi connectivity index (χ0v) is 14.4. The molecule has 0 radical (unpaired) electrons. The number of amides is 1. The van der Waals surface area contributed by atoms with E-state index in [-0.39, 0.29) is 17.9 Å². The number of rotatable bonds is 3. The largest absolute Gasteiger partial charge is 0.473 e. The van der Waals surface area contributed by atoms with Gasteiger partial charge in [0.1, 0.15) is 11.9 Å². The van der Waals surface area contributed by atoms with E-state index in [1.54, 1.807) is 6.20 Å². The Bertz CT molecular complexity index is 737. The summed E-state index contributed by atoms with van der Waals surface area (Å²) in [6, 6.07) is 3.63. The van der Waals surface area contributed by atoms with Crippen molar-refractivity contribution in [1.82, 2.24) is 25.1 Å². The highest BCUT2D eigenvalue weighted by Gasteiger charge is 2.32. The number of carbonyl (C=O) groups excluding carboxylic acids is 1. The van der Waals surface area contributed by atoms with Crippen LogP contribution in [0.25, 0.3) is 0 Å². The second-order valence-corrected chi connectivity index (χ2v) is 6.89. The summed E-state index contributed by atoms with van der Waals surface area (Å²) in [5.41, 5.74) is 2.28. The SMILES string of the molecule is Cc1nc2c([nH]1)C[C@@H](C(=O)N1CCC(Oc3cccnn3)CC1)CC2. The maximum Gasteiger partial charge on any atom is 0.233 e. The molecule has 1 amide bonds. The average Bonchev–Trinajstić information content (AvgIpc) is 3.02. The van der Waals surface area contributed by atoms with Gasteiger partial charge >= 0.3 is 0 Å². The quantitative estimate of drug-likeness (QED) is 0.918. The molecule has 2 aromatic rings. The van der Waals surface area contributed by atoms with Crippen molar-refractivity contribution in [3.05, 3.63) is 35.5 Å². The fraction of sp³-hybridized carbons (Fsp3) is 0.556. The van der Waals surface area contributed by atoms with Crippen LogP contribution in [0.3, 0.4) is 0 Å². The highest BCUT2D eigenvalue weighted by atomic mass is 16.5. The van der Waals surface area contributed by atoms with Gasteiger partial charge in [0.2, 0.25) is 11.8 Å². The third-order valence-electron chi connectivity index (χ3n) is 5.10. The zero-order chi connectivity index (χ0) is 17.2. The Morgan fingerprint density at radius 2 is 2.16 bits per heavy atom. The first kappa shape index (κ1) is 16.1. The van der Waals surface area contributed by atoms with E-state index in [2.05, 4.69) is 20.2 Å². The van der Waals surface area contributed by atoms with Crippen LogP contribution in [0.15, 0.2) is 18.3 Å². The minimum absolute atomic E-state index is 0.0739. The van der Waals surface area contributed by atoms with Gasteiger partial charge < -0.3 is 14.6 Å². The Morgan fingerprint density at radius 1 is 1.32 bits per heavy atom. The predicted octanol–water partition coefficient (Wildman–Crippen LogP) is 1.68. The van der Waals surface area contributed by atoms with E-state index in [0.29, 0.717) is 5.88 Å². The number of imidazole rings is 1. The highest BCUT2D eigenvalue weighted by molar-refractivity contribution is 5.79. The number of aromatic nitrogens is 4. The van der Waals surface area contributed by atoms with Crippen LogP contribution in [-0.4, -0.2) is 50.2 Å². The maximum absolute atomic E-state index is 12.9. The fourth-order valence-corrected chi connectivity index (χ4v) is 3.81. The van der Waals surface area contributed by atoms with Gasteiger partial charge in [0.25, 0.3) is 0 Å². The molecule has 1 saturated heterocycles. The van der Waals surface area contributed by atoms with Crippen LogP contribution in [0.1, 0.15) is 36.5 Å². The zero-order valence-electron chi connectivity index (χ0n) is 14.4. The van der Waals surface area contributed by atoms with Crippen molar-refractivity contribution >= 4 is 5.91 Å². The number of nitrogens with one attached hydrogen (secondary N) is 1. The van der Waals surface area contributed by atoms with Gasteiger partial charge in [0.15, 0.2) is 0 Å². The van der Waals surface area contributed by atoms with Crippen LogP contribution in [0.5, 0.6) is 5.88 Å². The van der Waals surface area contributed by atoms with Crippen LogP contribution in [0.4, 0.5) is 0 Å². The fourth-order valence-electron chi connectivity index (χ4n) is 3.81. The van der Waals surface area contributed by atoms with Gasteiger partial charge in [-0.2, -0.15) is 5.10 Å². The van der Waals surface area contributed by atoms with Crippen molar-refractivity contribution in [1.29, 1.82) is 0 Å². The smallest absolute Gasteiger partial charge is 0.233 e. The molecule has 25 heavy (non-hydrogen) atoms. The first-order chi connectivity index (χ1) is 12.2. The molecule has 1 aliphatic carbocycles. The Labute approximate surface area is 146 Å². The lowest BCUT2D eigenvalue weighted by atomic mass is 9.88. The molecule has 7 heteroatoms. The van der Waals surface area contributed by atoms with Gasteiger partial charge in [-0.1, -0.05) is 0 Å². The number of aryl methyl sites for hydroxylation is 2. The molecular weight excluding hydrogens is 318 g/mol. The number of likely N-dealkylation sites (tertiary alicyclic amines) is 1. The third-order valence-corrected chi connectivity index (χ3v) is 5.10. The van der Waals surface area contributed by atoms with Gasteiger partial charge in [0.05, 0.1) is 5.69 Å². The number of hydrogen-bond donors (Lipinski definition) is 1. The second-order valence-electron chi connectivity index (χ2n) is 6.89. The van der Waals surface area contributed by atoms with Crippen LogP contribution >= 0.6 is 0 Å². The van der Waals surface area contributed by atoms with Gasteiger partial charge in [-0.3, -0.25) is 4.79 Å². The average molecular weight is 341 g/mol. The molecule has 1 fully saturated rings. The molecular formula is C18H23N5O2. The standard InChI is InChI=1S/C18H23N5O2/c1-12-20-15-5-4-13(11-16(15)21-12)18(24)23-9-6-14(7-10-23)25-17-3-2-8-19-22-17/h2-3,8,13-14H,4-7,9-11H2,1H3,(H,20,21)/t13-/m0/s1. The maximum atomic E-state index is 12.9. The molecule has 1 aliphatic heterocycles. The van der Waals surface area contributed by atoms with Crippen molar-refractivity contribution < 1.29 is 9.53 Å². The molecule has 7 nitrogen and oxygen atoms in total. The molecule has 2 aliphatic rings. The molecule has 132 valence electrons. The number of ether oxygens (including phenoxy) is 1. The monoisotopic (exact) mass is 341 g/mol. The summed E-state index contributed by atoms with van der Waals surface area (Å²) in [5, 5.41) is 7.79. The lowest BCUT2D eigenvalue weighted by Gasteiger charge is -2.34.